The van der Waals surface area contributed by atoms with Crippen LogP contribution in [0.3, 0.4) is 0 Å². The lowest BCUT2D eigenvalue weighted by Crippen LogP contribution is -2.17. The third-order valence-corrected chi connectivity index (χ3v) is 4.90. The summed E-state index contributed by atoms with van der Waals surface area (Å²) in [6, 6.07) is 13.0. The molecule has 0 unspecified atom stereocenters. The Labute approximate surface area is 179 Å². The highest BCUT2D eigenvalue weighted by Gasteiger charge is 2.23. The normalized spacial score (nSPS) is 10.7. The van der Waals surface area contributed by atoms with Gasteiger partial charge in [-0.05, 0) is 53.2 Å². The SMILES string of the molecule is COC(=O)c1ccc(C(=O)NN=N)cc1-c1c2ccc(=O)cc-2oc2cc(N=O)ccc12. The van der Waals surface area contributed by atoms with Gasteiger partial charge in [0.05, 0.1) is 12.7 Å². The maximum atomic E-state index is 12.5. The van der Waals surface area contributed by atoms with E-state index in [1.54, 1.807) is 12.1 Å². The second-order valence-electron chi connectivity index (χ2n) is 6.71. The molecule has 2 aromatic rings. The molecule has 158 valence electrons. The molecule has 10 heteroatoms. The molecule has 0 bridgehead atoms. The van der Waals surface area contributed by atoms with Crippen LogP contribution in [-0.4, -0.2) is 19.0 Å². The summed E-state index contributed by atoms with van der Waals surface area (Å²) >= 11 is 0. The molecule has 1 heterocycles. The zero-order valence-electron chi connectivity index (χ0n) is 16.5. The van der Waals surface area contributed by atoms with Gasteiger partial charge in [0, 0.05) is 34.2 Å². The molecule has 32 heavy (non-hydrogen) atoms. The van der Waals surface area contributed by atoms with Crippen LogP contribution < -0.4 is 10.9 Å². The van der Waals surface area contributed by atoms with Crippen LogP contribution >= 0.6 is 0 Å². The lowest BCUT2D eigenvalue weighted by molar-refractivity contribution is 0.0601. The molecule has 1 aliphatic carbocycles. The smallest absolute Gasteiger partial charge is 0.338 e. The van der Waals surface area contributed by atoms with Crippen LogP contribution in [0.5, 0.6) is 0 Å². The highest BCUT2D eigenvalue weighted by molar-refractivity contribution is 6.09. The van der Waals surface area contributed by atoms with Crippen molar-refractivity contribution in [2.24, 2.45) is 10.4 Å². The number of esters is 1. The largest absolute Gasteiger partial charge is 0.465 e. The maximum absolute atomic E-state index is 12.5. The monoisotopic (exact) mass is 430 g/mol. The first-order chi connectivity index (χ1) is 15.5. The minimum absolute atomic E-state index is 0.114. The minimum atomic E-state index is -0.652. The van der Waals surface area contributed by atoms with Gasteiger partial charge in [-0.2, -0.15) is 5.53 Å². The quantitative estimate of drug-likeness (QED) is 0.157. The molecule has 4 rings (SSSR count). The lowest BCUT2D eigenvalue weighted by atomic mass is 9.89. The number of amides is 1. The van der Waals surface area contributed by atoms with Crippen molar-refractivity contribution in [2.75, 3.05) is 7.11 Å². The summed E-state index contributed by atoms with van der Waals surface area (Å²) in [7, 11) is 1.23. The number of benzene rings is 3. The number of ether oxygens (including phenoxy) is 1. The third kappa shape index (κ3) is 3.49. The van der Waals surface area contributed by atoms with E-state index in [-0.39, 0.29) is 33.6 Å². The van der Waals surface area contributed by atoms with Gasteiger partial charge in [0.25, 0.3) is 5.91 Å². The van der Waals surface area contributed by atoms with E-state index < -0.39 is 11.9 Å². The summed E-state index contributed by atoms with van der Waals surface area (Å²) in [5.41, 5.74) is 10.6. The lowest BCUT2D eigenvalue weighted by Gasteiger charge is -2.17. The second-order valence-corrected chi connectivity index (χ2v) is 6.71. The van der Waals surface area contributed by atoms with Crippen LogP contribution in [0.1, 0.15) is 20.7 Å². The molecular weight excluding hydrogens is 416 g/mol. The fourth-order valence-electron chi connectivity index (χ4n) is 3.50. The number of carbonyl (C=O) groups is 2. The van der Waals surface area contributed by atoms with Gasteiger partial charge >= 0.3 is 5.97 Å². The Hall–Kier alpha value is -4.73. The molecule has 0 fully saturated rings. The number of nitroso groups, excluding NO2 is 1. The molecule has 10 nitrogen and oxygen atoms in total. The number of nitrogens with zero attached hydrogens (tertiary/aromatic N) is 2. The molecular formula is C22H14N4O6. The van der Waals surface area contributed by atoms with Gasteiger partial charge in [-0.15, -0.1) is 4.91 Å². The number of fused-ring (bicyclic) bond motifs is 2. The summed E-state index contributed by atoms with van der Waals surface area (Å²) in [5.74, 6) is -1.08. The van der Waals surface area contributed by atoms with E-state index in [9.17, 15) is 19.3 Å². The molecule has 2 aromatic carbocycles. The molecule has 1 aliphatic heterocycles. The number of rotatable bonds is 5. The van der Waals surface area contributed by atoms with Crippen molar-refractivity contribution >= 4 is 28.5 Å². The number of carbonyl (C=O) groups excluding carboxylic acids is 2. The Morgan fingerprint density at radius 3 is 2.56 bits per heavy atom. The van der Waals surface area contributed by atoms with Gasteiger partial charge in [-0.1, -0.05) is 5.22 Å². The summed E-state index contributed by atoms with van der Waals surface area (Å²) in [4.78, 5) is 47.8. The standard InChI is InChI=1S/C22H14N4O6/c1-31-22(29)14-5-2-11(21(28)24-26-23)8-17(14)20-15-6-3-12(25-30)9-18(15)32-19-10-13(27)4-7-16(19)20/h2-10H,1H3,(H2,23,24,28). The summed E-state index contributed by atoms with van der Waals surface area (Å²) in [5, 5.41) is 6.31. The molecule has 0 atom stereocenters. The summed E-state index contributed by atoms with van der Waals surface area (Å²) < 4.78 is 10.7. The first-order valence-electron chi connectivity index (χ1n) is 9.20. The predicted molar refractivity (Wildman–Crippen MR) is 114 cm³/mol. The Balaban J connectivity index is 2.15. The van der Waals surface area contributed by atoms with E-state index in [0.717, 1.165) is 0 Å². The number of nitrogens with one attached hydrogen (secondary N) is 2. The van der Waals surface area contributed by atoms with Crippen LogP contribution in [0.25, 0.3) is 33.4 Å². The van der Waals surface area contributed by atoms with Crippen molar-refractivity contribution in [2.45, 2.75) is 0 Å². The van der Waals surface area contributed by atoms with E-state index in [1.165, 1.54) is 49.6 Å². The Morgan fingerprint density at radius 2 is 1.84 bits per heavy atom. The molecule has 2 aliphatic rings. The first-order valence-corrected chi connectivity index (χ1v) is 9.20. The summed E-state index contributed by atoms with van der Waals surface area (Å²) in [6.07, 6.45) is 0. The zero-order chi connectivity index (χ0) is 22.8. The topological polar surface area (TPSA) is 151 Å². The van der Waals surface area contributed by atoms with E-state index in [2.05, 4.69) is 10.4 Å². The molecule has 0 saturated heterocycles. The zero-order valence-corrected chi connectivity index (χ0v) is 16.5. The van der Waals surface area contributed by atoms with Crippen molar-refractivity contribution in [1.82, 2.24) is 5.43 Å². The average molecular weight is 430 g/mol. The highest BCUT2D eigenvalue weighted by atomic mass is 16.5. The van der Waals surface area contributed by atoms with E-state index in [1.807, 2.05) is 5.43 Å². The van der Waals surface area contributed by atoms with Gasteiger partial charge in [0.2, 0.25) is 0 Å². The Bertz CT molecular complexity index is 1440. The number of hydrogen-bond donors (Lipinski definition) is 2. The number of hydrogen-bond acceptors (Lipinski definition) is 9. The van der Waals surface area contributed by atoms with Crippen molar-refractivity contribution in [1.29, 1.82) is 5.53 Å². The molecule has 0 radical (unpaired) electrons. The second kappa shape index (κ2) is 8.19. The van der Waals surface area contributed by atoms with Crippen LogP contribution in [0.2, 0.25) is 0 Å². The molecule has 0 saturated carbocycles. The van der Waals surface area contributed by atoms with Gasteiger partial charge in [-0.25, -0.2) is 10.2 Å². The third-order valence-electron chi connectivity index (χ3n) is 4.90. The molecule has 2 N–H and O–H groups in total. The fraction of sp³-hybridized carbons (Fsp3) is 0.0455. The van der Waals surface area contributed by atoms with E-state index >= 15 is 0 Å². The van der Waals surface area contributed by atoms with Crippen LogP contribution in [-0.2, 0) is 4.74 Å². The van der Waals surface area contributed by atoms with Crippen molar-refractivity contribution in [3.8, 4) is 22.5 Å². The minimum Gasteiger partial charge on any atom is -0.465 e. The van der Waals surface area contributed by atoms with Gasteiger partial charge in [-0.3, -0.25) is 9.59 Å². The van der Waals surface area contributed by atoms with Crippen LogP contribution in [0, 0.1) is 10.4 Å². The number of methoxy groups -OCH3 is 1. The van der Waals surface area contributed by atoms with E-state index in [0.29, 0.717) is 22.1 Å². The van der Waals surface area contributed by atoms with Gasteiger partial charge < -0.3 is 9.15 Å². The van der Waals surface area contributed by atoms with Crippen LogP contribution in [0.15, 0.2) is 74.2 Å². The summed E-state index contributed by atoms with van der Waals surface area (Å²) in [6.45, 7) is 0. The van der Waals surface area contributed by atoms with Gasteiger partial charge in [0.15, 0.2) is 5.43 Å². The van der Waals surface area contributed by atoms with Crippen LogP contribution in [0.4, 0.5) is 5.69 Å². The van der Waals surface area contributed by atoms with Gasteiger partial charge in [0.1, 0.15) is 17.0 Å². The van der Waals surface area contributed by atoms with Crippen molar-refractivity contribution in [3.63, 3.8) is 0 Å². The van der Waals surface area contributed by atoms with Crippen molar-refractivity contribution < 1.29 is 18.7 Å². The Kier molecular flexibility index (Phi) is 5.25. The first kappa shape index (κ1) is 20.5. The van der Waals surface area contributed by atoms with Crippen molar-refractivity contribution in [3.05, 3.63) is 80.9 Å². The highest BCUT2D eigenvalue weighted by Crippen LogP contribution is 2.42. The molecule has 0 aromatic heterocycles. The van der Waals surface area contributed by atoms with E-state index in [4.69, 9.17) is 14.7 Å². The predicted octanol–water partition coefficient (Wildman–Crippen LogP) is 4.43. The average Bonchev–Trinajstić information content (AvgIpc) is 2.81. The maximum Gasteiger partial charge on any atom is 0.338 e. The fourth-order valence-corrected chi connectivity index (χ4v) is 3.50. The molecule has 0 spiro atoms. The Morgan fingerprint density at radius 1 is 1.03 bits per heavy atom. The molecule has 1 amide bonds.